The number of unbranched alkanes of at least 4 members (excludes halogenated alkanes) is 1. The second-order valence-corrected chi connectivity index (χ2v) is 4.96. The Labute approximate surface area is 95.5 Å². The number of phosphoric ester groups is 1. The van der Waals surface area contributed by atoms with E-state index in [-0.39, 0.29) is 5.75 Å². The predicted octanol–water partition coefficient (Wildman–Crippen LogP) is 2.81. The van der Waals surface area contributed by atoms with E-state index in [0.717, 1.165) is 30.4 Å². The molecule has 1 aromatic rings. The molecule has 0 amide bonds. The average Bonchev–Trinajstić information content (AvgIpc) is 2.16. The molecule has 2 N–H and O–H groups in total. The maximum Gasteiger partial charge on any atom is 0.524 e. The van der Waals surface area contributed by atoms with Crippen molar-refractivity contribution in [1.29, 1.82) is 0 Å². The Morgan fingerprint density at radius 3 is 2.62 bits per heavy atom. The number of hydrogen-bond donors (Lipinski definition) is 2. The largest absolute Gasteiger partial charge is 0.524 e. The molecule has 0 saturated heterocycles. The maximum atomic E-state index is 10.8. The van der Waals surface area contributed by atoms with Gasteiger partial charge in [-0.1, -0.05) is 31.0 Å². The van der Waals surface area contributed by atoms with Crippen molar-refractivity contribution >= 4 is 7.82 Å². The summed E-state index contributed by atoms with van der Waals surface area (Å²) in [6.07, 6.45) is 2.78. The minimum Gasteiger partial charge on any atom is -0.404 e. The summed E-state index contributed by atoms with van der Waals surface area (Å²) in [5.41, 5.74) is 1.91. The SMILES string of the molecule is CCCCc1cc(C)ccc1OP(=O)(O)O. The van der Waals surface area contributed by atoms with Crippen LogP contribution in [0.1, 0.15) is 30.9 Å². The van der Waals surface area contributed by atoms with Gasteiger partial charge in [0.2, 0.25) is 0 Å². The molecule has 0 unspecified atom stereocenters. The van der Waals surface area contributed by atoms with E-state index in [1.54, 1.807) is 12.1 Å². The molecule has 0 aliphatic heterocycles. The fourth-order valence-electron chi connectivity index (χ4n) is 1.49. The fraction of sp³-hybridized carbons (Fsp3) is 0.455. The first-order valence-corrected chi connectivity index (χ1v) is 6.80. The number of hydrogen-bond acceptors (Lipinski definition) is 2. The third-order valence-corrected chi connectivity index (χ3v) is 2.67. The van der Waals surface area contributed by atoms with Crippen molar-refractivity contribution in [2.45, 2.75) is 33.1 Å². The van der Waals surface area contributed by atoms with Crippen LogP contribution in [0.15, 0.2) is 18.2 Å². The van der Waals surface area contributed by atoms with Crippen LogP contribution in [0.5, 0.6) is 5.75 Å². The zero-order valence-electron chi connectivity index (χ0n) is 9.51. The molecule has 1 rings (SSSR count). The quantitative estimate of drug-likeness (QED) is 0.781. The van der Waals surface area contributed by atoms with Crippen LogP contribution in [0.4, 0.5) is 0 Å². The minimum absolute atomic E-state index is 0.285. The summed E-state index contributed by atoms with van der Waals surface area (Å²) in [6.45, 7) is 4.01. The molecule has 1 aromatic carbocycles. The lowest BCUT2D eigenvalue weighted by molar-refractivity contribution is 0.282. The van der Waals surface area contributed by atoms with Crippen LogP contribution >= 0.6 is 7.82 Å². The first kappa shape index (κ1) is 13.2. The Bertz CT molecular complexity index is 397. The van der Waals surface area contributed by atoms with Crippen molar-refractivity contribution in [3.8, 4) is 5.75 Å². The highest BCUT2D eigenvalue weighted by atomic mass is 31.2. The smallest absolute Gasteiger partial charge is 0.404 e. The zero-order chi connectivity index (χ0) is 12.2. The van der Waals surface area contributed by atoms with E-state index in [2.05, 4.69) is 11.4 Å². The highest BCUT2D eigenvalue weighted by molar-refractivity contribution is 7.46. The lowest BCUT2D eigenvalue weighted by atomic mass is 10.1. The Morgan fingerprint density at radius 2 is 2.06 bits per heavy atom. The van der Waals surface area contributed by atoms with Crippen molar-refractivity contribution in [2.24, 2.45) is 0 Å². The topological polar surface area (TPSA) is 66.8 Å². The maximum absolute atomic E-state index is 10.8. The predicted molar refractivity (Wildman–Crippen MR) is 62.5 cm³/mol. The molecule has 0 heterocycles. The molecule has 4 nitrogen and oxygen atoms in total. The third kappa shape index (κ3) is 4.35. The van der Waals surface area contributed by atoms with Crippen LogP contribution in [0.25, 0.3) is 0 Å². The van der Waals surface area contributed by atoms with Gasteiger partial charge in [-0.3, -0.25) is 9.79 Å². The van der Waals surface area contributed by atoms with Crippen LogP contribution in [-0.4, -0.2) is 9.79 Å². The standard InChI is InChI=1S/C11H17O4P/c1-3-4-5-10-8-9(2)6-7-11(10)15-16(12,13)14/h6-8H,3-5H2,1-2H3,(H2,12,13,14). The summed E-state index contributed by atoms with van der Waals surface area (Å²) in [6, 6.07) is 5.29. The molecule has 0 atom stereocenters. The molecular formula is C11H17O4P. The number of rotatable bonds is 5. The summed E-state index contributed by atoms with van der Waals surface area (Å²) in [7, 11) is -4.46. The van der Waals surface area contributed by atoms with Crippen LogP contribution in [0.2, 0.25) is 0 Å². The minimum atomic E-state index is -4.46. The van der Waals surface area contributed by atoms with E-state index < -0.39 is 7.82 Å². The number of benzene rings is 1. The highest BCUT2D eigenvalue weighted by Crippen LogP contribution is 2.39. The third-order valence-electron chi connectivity index (χ3n) is 2.23. The Morgan fingerprint density at radius 1 is 1.38 bits per heavy atom. The molecule has 0 radical (unpaired) electrons. The fourth-order valence-corrected chi connectivity index (χ4v) is 1.92. The Hall–Kier alpha value is -0.830. The molecule has 0 spiro atoms. The lowest BCUT2D eigenvalue weighted by Gasteiger charge is -2.12. The van der Waals surface area contributed by atoms with E-state index in [9.17, 15) is 4.57 Å². The monoisotopic (exact) mass is 244 g/mol. The van der Waals surface area contributed by atoms with Gasteiger partial charge in [-0.2, -0.15) is 0 Å². The van der Waals surface area contributed by atoms with Gasteiger partial charge in [0.05, 0.1) is 0 Å². The van der Waals surface area contributed by atoms with Gasteiger partial charge in [0.25, 0.3) is 0 Å². The molecule has 0 aromatic heterocycles. The van der Waals surface area contributed by atoms with Crippen molar-refractivity contribution < 1.29 is 18.9 Å². The van der Waals surface area contributed by atoms with Crippen LogP contribution in [-0.2, 0) is 11.0 Å². The Kier molecular flexibility index (Phi) is 4.54. The summed E-state index contributed by atoms with van der Waals surface area (Å²) in [5.74, 6) is 0.285. The molecule has 90 valence electrons. The molecule has 0 saturated carbocycles. The van der Waals surface area contributed by atoms with Gasteiger partial charge in [0.15, 0.2) is 0 Å². The lowest BCUT2D eigenvalue weighted by Crippen LogP contribution is -1.96. The van der Waals surface area contributed by atoms with E-state index in [4.69, 9.17) is 9.79 Å². The second-order valence-electron chi connectivity index (χ2n) is 3.80. The molecule has 0 aliphatic rings. The van der Waals surface area contributed by atoms with Crippen molar-refractivity contribution in [3.63, 3.8) is 0 Å². The molecule has 16 heavy (non-hydrogen) atoms. The number of aryl methyl sites for hydroxylation is 2. The van der Waals surface area contributed by atoms with E-state index in [1.165, 1.54) is 0 Å². The van der Waals surface area contributed by atoms with Gasteiger partial charge >= 0.3 is 7.82 Å². The zero-order valence-corrected chi connectivity index (χ0v) is 10.4. The highest BCUT2D eigenvalue weighted by Gasteiger charge is 2.18. The Balaban J connectivity index is 2.93. The van der Waals surface area contributed by atoms with Gasteiger partial charge in [-0.05, 0) is 31.4 Å². The van der Waals surface area contributed by atoms with Crippen LogP contribution in [0, 0.1) is 6.92 Å². The van der Waals surface area contributed by atoms with Crippen molar-refractivity contribution in [2.75, 3.05) is 0 Å². The van der Waals surface area contributed by atoms with Crippen molar-refractivity contribution in [1.82, 2.24) is 0 Å². The number of phosphoric acid groups is 1. The first-order chi connectivity index (χ1) is 7.42. The van der Waals surface area contributed by atoms with E-state index >= 15 is 0 Å². The molecule has 0 fully saturated rings. The molecule has 0 bridgehead atoms. The van der Waals surface area contributed by atoms with Gasteiger partial charge < -0.3 is 4.52 Å². The average molecular weight is 244 g/mol. The molecule has 5 heteroatoms. The summed E-state index contributed by atoms with van der Waals surface area (Å²) in [5, 5.41) is 0. The van der Waals surface area contributed by atoms with Gasteiger partial charge in [-0.15, -0.1) is 0 Å². The van der Waals surface area contributed by atoms with Gasteiger partial charge in [-0.25, -0.2) is 4.57 Å². The summed E-state index contributed by atoms with van der Waals surface area (Å²) in [4.78, 5) is 17.6. The molecule has 0 aliphatic carbocycles. The summed E-state index contributed by atoms with van der Waals surface area (Å²) >= 11 is 0. The van der Waals surface area contributed by atoms with E-state index in [0.29, 0.717) is 0 Å². The van der Waals surface area contributed by atoms with Crippen LogP contribution in [0.3, 0.4) is 0 Å². The first-order valence-electron chi connectivity index (χ1n) is 5.27. The van der Waals surface area contributed by atoms with Gasteiger partial charge in [0.1, 0.15) is 5.75 Å². The molecular weight excluding hydrogens is 227 g/mol. The second kappa shape index (κ2) is 5.48. The normalized spacial score (nSPS) is 11.5. The van der Waals surface area contributed by atoms with Crippen molar-refractivity contribution in [3.05, 3.63) is 29.3 Å². The summed E-state index contributed by atoms with van der Waals surface area (Å²) < 4.78 is 15.4. The van der Waals surface area contributed by atoms with Gasteiger partial charge in [0, 0.05) is 0 Å². The van der Waals surface area contributed by atoms with Crippen LogP contribution < -0.4 is 4.52 Å². The van der Waals surface area contributed by atoms with E-state index in [1.807, 2.05) is 13.0 Å².